The van der Waals surface area contributed by atoms with Gasteiger partial charge in [-0.15, -0.1) is 0 Å². The summed E-state index contributed by atoms with van der Waals surface area (Å²) in [5, 5.41) is 10.5. The smallest absolute Gasteiger partial charge is 0.363 e. The second-order valence-electron chi connectivity index (χ2n) is 5.70. The van der Waals surface area contributed by atoms with Gasteiger partial charge in [0.05, 0.1) is 13.3 Å². The van der Waals surface area contributed by atoms with Gasteiger partial charge in [-0.05, 0) is 12.1 Å². The molecule has 7 heteroatoms. The van der Waals surface area contributed by atoms with Crippen LogP contribution in [0.1, 0.15) is 32.0 Å². The molecule has 0 radical (unpaired) electrons. The largest absolute Gasteiger partial charge is 0.496 e. The summed E-state index contributed by atoms with van der Waals surface area (Å²) in [5.74, 6) is 1.04. The maximum atomic E-state index is 11.4. The van der Waals surface area contributed by atoms with E-state index in [0.717, 1.165) is 5.56 Å². The number of para-hydroxylation sites is 1. The SMILES string of the molecule is COc1ccccc1/C=N/Nc1nc(=O)[nH]nc1C(C)(C)C. The fraction of sp³-hybridized carbons (Fsp3) is 0.333. The molecule has 116 valence electrons. The maximum absolute atomic E-state index is 11.4. The van der Waals surface area contributed by atoms with Crippen molar-refractivity contribution in [2.45, 2.75) is 26.2 Å². The monoisotopic (exact) mass is 301 g/mol. The standard InChI is InChI=1S/C15H19N5O2/c1-15(2,3)12-13(17-14(21)20-18-12)19-16-9-10-7-5-6-8-11(10)22-4/h5-9H,1-4H3,(H2,17,19,20,21)/b16-9+. The minimum Gasteiger partial charge on any atom is -0.496 e. The summed E-state index contributed by atoms with van der Waals surface area (Å²) in [5.41, 5.74) is 3.42. The highest BCUT2D eigenvalue weighted by molar-refractivity contribution is 5.83. The average molecular weight is 301 g/mol. The van der Waals surface area contributed by atoms with Crippen LogP contribution >= 0.6 is 0 Å². The first kappa shape index (κ1) is 15.7. The highest BCUT2D eigenvalue weighted by atomic mass is 16.5. The molecule has 0 aliphatic carbocycles. The van der Waals surface area contributed by atoms with Gasteiger partial charge in [-0.2, -0.15) is 15.2 Å². The van der Waals surface area contributed by atoms with Crippen LogP contribution in [0, 0.1) is 0 Å². The molecule has 2 rings (SSSR count). The van der Waals surface area contributed by atoms with Crippen LogP contribution in [0.25, 0.3) is 0 Å². The van der Waals surface area contributed by atoms with Crippen LogP contribution in [0.15, 0.2) is 34.2 Å². The third kappa shape index (κ3) is 3.69. The van der Waals surface area contributed by atoms with Gasteiger partial charge in [0.25, 0.3) is 0 Å². The zero-order valence-electron chi connectivity index (χ0n) is 13.0. The molecule has 1 aromatic carbocycles. The Balaban J connectivity index is 2.26. The Kier molecular flexibility index (Phi) is 4.55. The number of aromatic nitrogens is 3. The zero-order chi connectivity index (χ0) is 16.2. The number of H-pyrrole nitrogens is 1. The summed E-state index contributed by atoms with van der Waals surface area (Å²) in [6.07, 6.45) is 1.61. The minimum atomic E-state index is -0.525. The molecule has 0 spiro atoms. The predicted molar refractivity (Wildman–Crippen MR) is 85.6 cm³/mol. The quantitative estimate of drug-likeness (QED) is 0.665. The first-order chi connectivity index (χ1) is 10.4. The van der Waals surface area contributed by atoms with Crippen molar-refractivity contribution >= 4 is 12.0 Å². The predicted octanol–water partition coefficient (Wildman–Crippen LogP) is 1.92. The lowest BCUT2D eigenvalue weighted by atomic mass is 9.92. The molecule has 0 amide bonds. The highest BCUT2D eigenvalue weighted by Gasteiger charge is 2.21. The van der Waals surface area contributed by atoms with Gasteiger partial charge in [0.2, 0.25) is 0 Å². The lowest BCUT2D eigenvalue weighted by Crippen LogP contribution is -2.24. The summed E-state index contributed by atoms with van der Waals surface area (Å²) < 4.78 is 5.24. The summed E-state index contributed by atoms with van der Waals surface area (Å²) in [6.45, 7) is 5.93. The molecule has 0 unspecified atom stereocenters. The van der Waals surface area contributed by atoms with Gasteiger partial charge in [0, 0.05) is 11.0 Å². The number of ether oxygens (including phenoxy) is 1. The molecular formula is C15H19N5O2. The second-order valence-corrected chi connectivity index (χ2v) is 5.70. The molecule has 2 aromatic rings. The number of rotatable bonds is 4. The fourth-order valence-electron chi connectivity index (χ4n) is 1.87. The molecule has 0 fully saturated rings. The summed E-state index contributed by atoms with van der Waals surface area (Å²) >= 11 is 0. The Morgan fingerprint density at radius 2 is 2.05 bits per heavy atom. The number of hydrazone groups is 1. The first-order valence-corrected chi connectivity index (χ1v) is 6.81. The van der Waals surface area contributed by atoms with E-state index >= 15 is 0 Å². The van der Waals surface area contributed by atoms with E-state index in [9.17, 15) is 4.79 Å². The Labute approximate surface area is 128 Å². The molecule has 22 heavy (non-hydrogen) atoms. The molecule has 0 saturated carbocycles. The molecule has 0 atom stereocenters. The van der Waals surface area contributed by atoms with Crippen LogP contribution in [0.5, 0.6) is 5.75 Å². The number of nitrogens with zero attached hydrogens (tertiary/aromatic N) is 3. The number of hydrogen-bond acceptors (Lipinski definition) is 6. The van der Waals surface area contributed by atoms with Crippen molar-refractivity contribution < 1.29 is 4.74 Å². The van der Waals surface area contributed by atoms with Gasteiger partial charge in [0.1, 0.15) is 11.4 Å². The number of benzene rings is 1. The molecule has 1 aromatic heterocycles. The van der Waals surface area contributed by atoms with E-state index in [1.165, 1.54) is 0 Å². The van der Waals surface area contributed by atoms with Gasteiger partial charge in [-0.1, -0.05) is 32.9 Å². The Bertz CT molecular complexity index is 731. The number of methoxy groups -OCH3 is 1. The third-order valence-corrected chi connectivity index (χ3v) is 2.92. The van der Waals surface area contributed by atoms with Gasteiger partial charge in [-0.3, -0.25) is 5.43 Å². The molecule has 7 nitrogen and oxygen atoms in total. The Morgan fingerprint density at radius 3 is 2.73 bits per heavy atom. The lowest BCUT2D eigenvalue weighted by molar-refractivity contribution is 0.414. The van der Waals surface area contributed by atoms with Crippen molar-refractivity contribution in [3.8, 4) is 5.75 Å². The Hall–Kier alpha value is -2.70. The van der Waals surface area contributed by atoms with Gasteiger partial charge in [0.15, 0.2) is 5.82 Å². The molecular weight excluding hydrogens is 282 g/mol. The lowest BCUT2D eigenvalue weighted by Gasteiger charge is -2.18. The van der Waals surface area contributed by atoms with Crippen LogP contribution in [0.3, 0.4) is 0 Å². The highest BCUT2D eigenvalue weighted by Crippen LogP contribution is 2.24. The van der Waals surface area contributed by atoms with Crippen molar-refractivity contribution in [1.82, 2.24) is 15.2 Å². The number of nitrogens with one attached hydrogen (secondary N) is 2. The van der Waals surface area contributed by atoms with E-state index in [0.29, 0.717) is 17.3 Å². The molecule has 1 heterocycles. The van der Waals surface area contributed by atoms with Gasteiger partial charge in [-0.25, -0.2) is 9.89 Å². The van der Waals surface area contributed by atoms with Gasteiger partial charge >= 0.3 is 5.69 Å². The summed E-state index contributed by atoms with van der Waals surface area (Å²) in [6, 6.07) is 7.48. The molecule has 0 aliphatic rings. The summed E-state index contributed by atoms with van der Waals surface area (Å²) in [4.78, 5) is 15.2. The summed E-state index contributed by atoms with van der Waals surface area (Å²) in [7, 11) is 1.60. The van der Waals surface area contributed by atoms with Crippen LogP contribution in [-0.2, 0) is 5.41 Å². The van der Waals surface area contributed by atoms with Crippen molar-refractivity contribution in [3.05, 3.63) is 46.0 Å². The molecule has 0 bridgehead atoms. The minimum absolute atomic E-state index is 0.278. The van der Waals surface area contributed by atoms with Crippen LogP contribution in [0.4, 0.5) is 5.82 Å². The van der Waals surface area contributed by atoms with E-state index in [1.807, 2.05) is 45.0 Å². The average Bonchev–Trinajstić information content (AvgIpc) is 2.46. The molecule has 2 N–H and O–H groups in total. The first-order valence-electron chi connectivity index (χ1n) is 6.81. The van der Waals surface area contributed by atoms with E-state index in [2.05, 4.69) is 25.7 Å². The van der Waals surface area contributed by atoms with Crippen molar-refractivity contribution in [1.29, 1.82) is 0 Å². The number of anilines is 1. The van der Waals surface area contributed by atoms with Gasteiger partial charge < -0.3 is 4.74 Å². The third-order valence-electron chi connectivity index (χ3n) is 2.92. The molecule has 0 saturated heterocycles. The van der Waals surface area contributed by atoms with Crippen LogP contribution in [0.2, 0.25) is 0 Å². The zero-order valence-corrected chi connectivity index (χ0v) is 13.0. The van der Waals surface area contributed by atoms with Crippen molar-refractivity contribution in [2.75, 3.05) is 12.5 Å². The van der Waals surface area contributed by atoms with Crippen molar-refractivity contribution in [3.63, 3.8) is 0 Å². The topological polar surface area (TPSA) is 92.3 Å². The number of aromatic amines is 1. The van der Waals surface area contributed by atoms with E-state index in [1.54, 1.807) is 13.3 Å². The molecule has 0 aliphatic heterocycles. The number of hydrogen-bond donors (Lipinski definition) is 2. The Morgan fingerprint density at radius 1 is 1.32 bits per heavy atom. The second kappa shape index (κ2) is 6.38. The fourth-order valence-corrected chi connectivity index (χ4v) is 1.87. The van der Waals surface area contributed by atoms with E-state index in [-0.39, 0.29) is 5.41 Å². The van der Waals surface area contributed by atoms with E-state index in [4.69, 9.17) is 4.74 Å². The van der Waals surface area contributed by atoms with Crippen molar-refractivity contribution in [2.24, 2.45) is 5.10 Å². The normalized spacial score (nSPS) is 11.6. The van der Waals surface area contributed by atoms with E-state index < -0.39 is 5.69 Å². The maximum Gasteiger partial charge on any atom is 0.363 e. The van der Waals surface area contributed by atoms with Crippen LogP contribution < -0.4 is 15.9 Å². The van der Waals surface area contributed by atoms with Crippen LogP contribution in [-0.4, -0.2) is 28.5 Å².